The molecule has 0 radical (unpaired) electrons. The van der Waals surface area contributed by atoms with Crippen LogP contribution in [-0.4, -0.2) is 60.5 Å². The van der Waals surface area contributed by atoms with E-state index >= 15 is 0 Å². The Morgan fingerprint density at radius 2 is 1.94 bits per heavy atom. The Balaban J connectivity index is 1.53. The van der Waals surface area contributed by atoms with Crippen molar-refractivity contribution in [1.29, 1.82) is 0 Å². The number of piperazine rings is 1. The zero-order chi connectivity index (χ0) is 22.0. The molecule has 1 N–H and O–H groups in total. The van der Waals surface area contributed by atoms with Crippen molar-refractivity contribution in [2.24, 2.45) is 0 Å². The minimum Gasteiger partial charge on any atom is -0.367 e. The van der Waals surface area contributed by atoms with Crippen molar-refractivity contribution < 1.29 is 9.53 Å². The average Bonchev–Trinajstić information content (AvgIpc) is 3.19. The van der Waals surface area contributed by atoms with E-state index in [4.69, 9.17) is 16.3 Å². The second-order valence-corrected chi connectivity index (χ2v) is 8.70. The third-order valence-electron chi connectivity index (χ3n) is 6.58. The van der Waals surface area contributed by atoms with Gasteiger partial charge in [-0.1, -0.05) is 30.7 Å². The molecular weight excluding hydrogens is 414 g/mol. The normalized spacial score (nSPS) is 20.5. The lowest BCUT2D eigenvalue weighted by Gasteiger charge is -2.42. The van der Waals surface area contributed by atoms with Gasteiger partial charge < -0.3 is 19.9 Å². The molecule has 7 nitrogen and oxygen atoms in total. The predicted molar refractivity (Wildman–Crippen MR) is 121 cm³/mol. The maximum atomic E-state index is 13.8. The molecule has 0 aliphatic carbocycles. The van der Waals surface area contributed by atoms with Crippen LogP contribution in [0.15, 0.2) is 30.6 Å². The molecule has 0 spiro atoms. The highest BCUT2D eigenvalue weighted by Crippen LogP contribution is 2.36. The summed E-state index contributed by atoms with van der Waals surface area (Å²) in [5.74, 6) is 1.10. The number of ether oxygens (including phenoxy) is 1. The molecular formula is C23H30ClN5O2. The van der Waals surface area contributed by atoms with Crippen molar-refractivity contribution >= 4 is 23.3 Å². The van der Waals surface area contributed by atoms with Gasteiger partial charge in [0, 0.05) is 43.3 Å². The number of nitrogens with one attached hydrogen (secondary N) is 1. The van der Waals surface area contributed by atoms with Gasteiger partial charge in [-0.2, -0.15) is 0 Å². The van der Waals surface area contributed by atoms with E-state index in [1.165, 1.54) is 0 Å². The monoisotopic (exact) mass is 443 g/mol. The topological polar surface area (TPSA) is 70.6 Å². The first-order valence-corrected chi connectivity index (χ1v) is 11.3. The second kappa shape index (κ2) is 9.10. The molecule has 4 rings (SSSR count). The quantitative estimate of drug-likeness (QED) is 0.740. The summed E-state index contributed by atoms with van der Waals surface area (Å²) in [5.41, 5.74) is 2.44. The number of hydrogen-bond acceptors (Lipinski definition) is 6. The van der Waals surface area contributed by atoms with Crippen LogP contribution in [0.2, 0.25) is 5.02 Å². The third-order valence-corrected chi connectivity index (χ3v) is 6.83. The Bertz CT molecular complexity index is 930. The lowest BCUT2D eigenvalue weighted by atomic mass is 9.76. The number of aromatic nitrogens is 2. The summed E-state index contributed by atoms with van der Waals surface area (Å²) in [6.45, 7) is 8.03. The Kier molecular flexibility index (Phi) is 6.46. The van der Waals surface area contributed by atoms with E-state index in [9.17, 15) is 4.79 Å². The lowest BCUT2D eigenvalue weighted by molar-refractivity contribution is -0.137. The second-order valence-electron chi connectivity index (χ2n) is 8.26. The predicted octanol–water partition coefficient (Wildman–Crippen LogP) is 2.94. The molecule has 1 unspecified atom stereocenters. The van der Waals surface area contributed by atoms with Gasteiger partial charge >= 0.3 is 0 Å². The smallest absolute Gasteiger partial charge is 0.234 e. The van der Waals surface area contributed by atoms with Gasteiger partial charge in [-0.3, -0.25) is 4.79 Å². The third kappa shape index (κ3) is 4.02. The van der Waals surface area contributed by atoms with E-state index < -0.39 is 5.41 Å². The molecule has 31 heavy (non-hydrogen) atoms. The standard InChI is InChI=1S/C23H30ClN5O2/c1-4-23(14-25-3,17-5-7-18(24)8-6-17)22(30)29-11-9-28(10-12-29)21-20-16(2)31-13-19(20)26-15-27-21/h5-8,15-16,25H,4,9-14H2,1-3H3/t16-,23?/m0/s1. The number of halogens is 1. The summed E-state index contributed by atoms with van der Waals surface area (Å²) in [6.07, 6.45) is 2.32. The highest BCUT2D eigenvalue weighted by atomic mass is 35.5. The van der Waals surface area contributed by atoms with Crippen LogP contribution in [0.1, 0.15) is 43.2 Å². The molecule has 8 heteroatoms. The van der Waals surface area contributed by atoms with E-state index in [2.05, 4.69) is 27.1 Å². The minimum atomic E-state index is -0.611. The van der Waals surface area contributed by atoms with Gasteiger partial charge in [-0.05, 0) is 38.1 Å². The van der Waals surface area contributed by atoms with Crippen LogP contribution in [0.4, 0.5) is 5.82 Å². The average molecular weight is 444 g/mol. The zero-order valence-corrected chi connectivity index (χ0v) is 19.2. The van der Waals surface area contributed by atoms with Gasteiger partial charge in [-0.25, -0.2) is 9.97 Å². The fraction of sp³-hybridized carbons (Fsp3) is 0.522. The van der Waals surface area contributed by atoms with E-state index in [0.717, 1.165) is 35.7 Å². The highest BCUT2D eigenvalue weighted by molar-refractivity contribution is 6.30. The molecule has 1 fully saturated rings. The van der Waals surface area contributed by atoms with Crippen molar-refractivity contribution in [2.45, 2.75) is 38.4 Å². The molecule has 1 aromatic heterocycles. The summed E-state index contributed by atoms with van der Waals surface area (Å²) in [5, 5.41) is 3.91. The zero-order valence-electron chi connectivity index (χ0n) is 18.4. The van der Waals surface area contributed by atoms with Gasteiger partial charge in [0.2, 0.25) is 5.91 Å². The van der Waals surface area contributed by atoms with Gasteiger partial charge in [0.05, 0.1) is 23.8 Å². The lowest BCUT2D eigenvalue weighted by Crippen LogP contribution is -2.57. The molecule has 2 atom stereocenters. The summed E-state index contributed by atoms with van der Waals surface area (Å²) < 4.78 is 5.75. The first kappa shape index (κ1) is 22.0. The SMILES string of the molecule is CCC(CNC)(C(=O)N1CCN(c2ncnc3c2[C@H](C)OC3)CC1)c1ccc(Cl)cc1. The summed E-state index contributed by atoms with van der Waals surface area (Å²) in [7, 11) is 1.89. The molecule has 2 aliphatic rings. The highest BCUT2D eigenvalue weighted by Gasteiger charge is 2.42. The van der Waals surface area contributed by atoms with E-state index in [-0.39, 0.29) is 12.0 Å². The van der Waals surface area contributed by atoms with Crippen molar-refractivity contribution in [3.63, 3.8) is 0 Å². The Morgan fingerprint density at radius 1 is 1.23 bits per heavy atom. The van der Waals surface area contributed by atoms with Crippen molar-refractivity contribution in [3.8, 4) is 0 Å². The summed E-state index contributed by atoms with van der Waals surface area (Å²) in [4.78, 5) is 27.0. The first-order valence-electron chi connectivity index (χ1n) is 10.9. The van der Waals surface area contributed by atoms with Crippen molar-refractivity contribution in [2.75, 3.05) is 44.7 Å². The summed E-state index contributed by atoms with van der Waals surface area (Å²) >= 11 is 6.10. The van der Waals surface area contributed by atoms with Crippen molar-refractivity contribution in [1.82, 2.24) is 20.2 Å². The number of benzene rings is 1. The van der Waals surface area contributed by atoms with Crippen molar-refractivity contribution in [3.05, 3.63) is 52.4 Å². The Hall–Kier alpha value is -2.22. The number of carbonyl (C=O) groups excluding carboxylic acids is 1. The number of hydrogen-bond donors (Lipinski definition) is 1. The Labute approximate surface area is 188 Å². The fourth-order valence-corrected chi connectivity index (χ4v) is 4.89. The van der Waals surface area contributed by atoms with Crippen LogP contribution in [0.5, 0.6) is 0 Å². The van der Waals surface area contributed by atoms with Gasteiger partial charge in [0.15, 0.2) is 0 Å². The van der Waals surface area contributed by atoms with Crippen LogP contribution in [0.3, 0.4) is 0 Å². The maximum Gasteiger partial charge on any atom is 0.234 e. The first-order chi connectivity index (χ1) is 15.0. The number of fused-ring (bicyclic) bond motifs is 1. The Morgan fingerprint density at radius 3 is 2.58 bits per heavy atom. The van der Waals surface area contributed by atoms with Gasteiger partial charge in [-0.15, -0.1) is 0 Å². The number of nitrogens with zero attached hydrogens (tertiary/aromatic N) is 4. The van der Waals surface area contributed by atoms with E-state index in [1.807, 2.05) is 43.1 Å². The van der Waals surface area contributed by atoms with E-state index in [0.29, 0.717) is 37.7 Å². The molecule has 1 saturated heterocycles. The molecule has 1 amide bonds. The molecule has 0 saturated carbocycles. The van der Waals surface area contributed by atoms with E-state index in [1.54, 1.807) is 6.33 Å². The fourth-order valence-electron chi connectivity index (χ4n) is 4.77. The number of anilines is 1. The largest absolute Gasteiger partial charge is 0.367 e. The summed E-state index contributed by atoms with van der Waals surface area (Å²) in [6, 6.07) is 7.67. The molecule has 3 heterocycles. The molecule has 1 aromatic carbocycles. The minimum absolute atomic E-state index is 0.000800. The number of amides is 1. The molecule has 166 valence electrons. The number of likely N-dealkylation sites (N-methyl/N-ethyl adjacent to an activating group) is 1. The van der Waals surface area contributed by atoms with Crippen LogP contribution in [0.25, 0.3) is 0 Å². The number of rotatable bonds is 6. The van der Waals surface area contributed by atoms with Gasteiger partial charge in [0.1, 0.15) is 12.1 Å². The van der Waals surface area contributed by atoms with Crippen LogP contribution < -0.4 is 10.2 Å². The molecule has 2 aromatic rings. The van der Waals surface area contributed by atoms with Crippen LogP contribution in [0, 0.1) is 0 Å². The molecule has 0 bridgehead atoms. The number of carbonyl (C=O) groups is 1. The van der Waals surface area contributed by atoms with Crippen LogP contribution >= 0.6 is 11.6 Å². The maximum absolute atomic E-state index is 13.8. The van der Waals surface area contributed by atoms with Crippen LogP contribution in [-0.2, 0) is 21.6 Å². The van der Waals surface area contributed by atoms with Gasteiger partial charge in [0.25, 0.3) is 0 Å². The molecule has 2 aliphatic heterocycles.